The molecule has 2 fully saturated rings. The Morgan fingerprint density at radius 2 is 1.74 bits per heavy atom. The summed E-state index contributed by atoms with van der Waals surface area (Å²) in [5.41, 5.74) is 7.76. The lowest BCUT2D eigenvalue weighted by Crippen LogP contribution is -2.35. The van der Waals surface area contributed by atoms with Crippen LogP contribution in [0.4, 0.5) is 8.78 Å². The average molecular weight is 532 g/mol. The van der Waals surface area contributed by atoms with Crippen molar-refractivity contribution in [1.82, 2.24) is 29.6 Å². The fourth-order valence-electron chi connectivity index (χ4n) is 5.10. The van der Waals surface area contributed by atoms with Gasteiger partial charge in [0, 0.05) is 61.5 Å². The average Bonchev–Trinajstić information content (AvgIpc) is 3.22. The Morgan fingerprint density at radius 3 is 2.38 bits per heavy atom. The molecule has 0 spiro atoms. The molecule has 4 aromatic rings. The van der Waals surface area contributed by atoms with Gasteiger partial charge in [-0.25, -0.2) is 23.7 Å². The lowest BCUT2D eigenvalue weighted by Gasteiger charge is -2.22. The number of carbonyl (C=O) groups excluding carboxylic acids is 1. The van der Waals surface area contributed by atoms with Crippen molar-refractivity contribution in [3.8, 4) is 28.7 Å². The molecule has 1 aliphatic carbocycles. The summed E-state index contributed by atoms with van der Waals surface area (Å²) in [4.78, 5) is 27.6. The molecule has 0 bridgehead atoms. The topological polar surface area (TPSA) is 112 Å². The standard InChI is InChI=1S/C28H27F2N7O2/c1-28(2,31)16-11-20(15-5-7-17(29)8-6-15)34-21(12-16)39-25-18-13-37(14-19(18)25)27(38)24-22(30)23(35-36(24)3)26-32-9-4-10-33-26/h4-12,18-19,25H,13-14,31H2,1-3H3. The van der Waals surface area contributed by atoms with E-state index in [1.165, 1.54) is 36.3 Å². The summed E-state index contributed by atoms with van der Waals surface area (Å²) in [6.45, 7) is 4.65. The second-order valence-electron chi connectivity index (χ2n) is 10.6. The van der Waals surface area contributed by atoms with Crippen molar-refractivity contribution in [2.75, 3.05) is 13.1 Å². The maximum Gasteiger partial charge on any atom is 0.275 e. The van der Waals surface area contributed by atoms with Crippen LogP contribution in [0.5, 0.6) is 5.88 Å². The maximum absolute atomic E-state index is 15.2. The van der Waals surface area contributed by atoms with Gasteiger partial charge in [-0.2, -0.15) is 5.10 Å². The number of amides is 1. The Bertz CT molecular complexity index is 1540. The third-order valence-electron chi connectivity index (χ3n) is 7.31. The van der Waals surface area contributed by atoms with Gasteiger partial charge in [-0.15, -0.1) is 0 Å². The predicted octanol–water partition coefficient (Wildman–Crippen LogP) is 3.56. The van der Waals surface area contributed by atoms with Gasteiger partial charge in [0.2, 0.25) is 5.88 Å². The van der Waals surface area contributed by atoms with Gasteiger partial charge in [-0.05, 0) is 55.8 Å². The Kier molecular flexibility index (Phi) is 5.91. The number of fused-ring (bicyclic) bond motifs is 1. The lowest BCUT2D eigenvalue weighted by atomic mass is 9.95. The zero-order chi connectivity index (χ0) is 27.5. The van der Waals surface area contributed by atoms with Crippen LogP contribution in [0, 0.1) is 23.5 Å². The monoisotopic (exact) mass is 531 g/mol. The third kappa shape index (κ3) is 4.63. The first kappa shape index (κ1) is 25.1. The quantitative estimate of drug-likeness (QED) is 0.405. The van der Waals surface area contributed by atoms with Crippen molar-refractivity contribution in [3.05, 3.63) is 77.8 Å². The van der Waals surface area contributed by atoms with E-state index in [2.05, 4.69) is 20.1 Å². The molecule has 9 nitrogen and oxygen atoms in total. The zero-order valence-corrected chi connectivity index (χ0v) is 21.7. The molecule has 1 aromatic carbocycles. The van der Waals surface area contributed by atoms with Gasteiger partial charge in [0.05, 0.1) is 5.69 Å². The summed E-state index contributed by atoms with van der Waals surface area (Å²) in [6, 6.07) is 11.4. The van der Waals surface area contributed by atoms with Crippen molar-refractivity contribution in [1.29, 1.82) is 0 Å². The summed E-state index contributed by atoms with van der Waals surface area (Å²) < 4.78 is 36.2. The van der Waals surface area contributed by atoms with Crippen molar-refractivity contribution in [2.24, 2.45) is 24.6 Å². The van der Waals surface area contributed by atoms with Gasteiger partial charge >= 0.3 is 0 Å². The first-order valence-electron chi connectivity index (χ1n) is 12.6. The van der Waals surface area contributed by atoms with Crippen molar-refractivity contribution in [3.63, 3.8) is 0 Å². The molecule has 3 aromatic heterocycles. The highest BCUT2D eigenvalue weighted by molar-refractivity contribution is 5.94. The van der Waals surface area contributed by atoms with E-state index in [1.807, 2.05) is 26.0 Å². The molecule has 6 rings (SSSR count). The molecule has 0 radical (unpaired) electrons. The molecule has 2 aliphatic rings. The minimum Gasteiger partial charge on any atom is -0.474 e. The summed E-state index contributed by atoms with van der Waals surface area (Å²) in [6.07, 6.45) is 2.87. The Morgan fingerprint density at radius 1 is 1.08 bits per heavy atom. The molecule has 1 aliphatic heterocycles. The Balaban J connectivity index is 1.17. The highest BCUT2D eigenvalue weighted by Gasteiger charge is 2.59. The Hall–Kier alpha value is -4.25. The van der Waals surface area contributed by atoms with Crippen LogP contribution in [-0.2, 0) is 12.6 Å². The van der Waals surface area contributed by atoms with Gasteiger partial charge in [-0.3, -0.25) is 9.48 Å². The molecule has 2 unspecified atom stereocenters. The lowest BCUT2D eigenvalue weighted by molar-refractivity contribution is 0.0735. The van der Waals surface area contributed by atoms with E-state index in [1.54, 1.807) is 23.1 Å². The molecule has 4 heterocycles. The number of nitrogens with two attached hydrogens (primary N) is 1. The van der Waals surface area contributed by atoms with Gasteiger partial charge in [0.15, 0.2) is 23.0 Å². The molecule has 11 heteroatoms. The van der Waals surface area contributed by atoms with Gasteiger partial charge in [0.1, 0.15) is 11.9 Å². The number of ether oxygens (including phenoxy) is 1. The molecule has 200 valence electrons. The van der Waals surface area contributed by atoms with Crippen LogP contribution in [0.1, 0.15) is 29.9 Å². The Labute approximate surface area is 223 Å². The summed E-state index contributed by atoms with van der Waals surface area (Å²) in [7, 11) is 1.53. The largest absolute Gasteiger partial charge is 0.474 e. The number of hydrogen-bond acceptors (Lipinski definition) is 7. The highest BCUT2D eigenvalue weighted by atomic mass is 19.1. The number of benzene rings is 1. The second kappa shape index (κ2) is 9.19. The van der Waals surface area contributed by atoms with E-state index >= 15 is 4.39 Å². The molecular weight excluding hydrogens is 504 g/mol. The smallest absolute Gasteiger partial charge is 0.275 e. The highest BCUT2D eigenvalue weighted by Crippen LogP contribution is 2.48. The van der Waals surface area contributed by atoms with Crippen molar-refractivity contribution < 1.29 is 18.3 Å². The summed E-state index contributed by atoms with van der Waals surface area (Å²) in [5.74, 6) is -0.739. The van der Waals surface area contributed by atoms with Crippen LogP contribution < -0.4 is 10.5 Å². The van der Waals surface area contributed by atoms with Crippen LogP contribution in [0.25, 0.3) is 22.8 Å². The molecule has 1 amide bonds. The molecule has 2 atom stereocenters. The van der Waals surface area contributed by atoms with Crippen LogP contribution in [-0.4, -0.2) is 54.7 Å². The van der Waals surface area contributed by atoms with Crippen LogP contribution in [0.15, 0.2) is 54.9 Å². The number of pyridine rings is 1. The van der Waals surface area contributed by atoms with Crippen molar-refractivity contribution >= 4 is 5.91 Å². The molecule has 39 heavy (non-hydrogen) atoms. The van der Waals surface area contributed by atoms with E-state index in [0.717, 1.165) is 11.1 Å². The van der Waals surface area contributed by atoms with Crippen molar-refractivity contribution in [2.45, 2.75) is 25.5 Å². The number of likely N-dealkylation sites (tertiary alicyclic amines) is 1. The number of rotatable bonds is 6. The van der Waals surface area contributed by atoms with Gasteiger partial charge < -0.3 is 15.4 Å². The fraction of sp³-hybridized carbons (Fsp3) is 0.321. The number of aryl methyl sites for hydroxylation is 1. The predicted molar refractivity (Wildman–Crippen MR) is 138 cm³/mol. The van der Waals surface area contributed by atoms with E-state index in [4.69, 9.17) is 10.5 Å². The number of nitrogens with zero attached hydrogens (tertiary/aromatic N) is 6. The maximum atomic E-state index is 15.2. The van der Waals surface area contributed by atoms with E-state index in [-0.39, 0.29) is 41.0 Å². The minimum absolute atomic E-state index is 0.0576. The first-order chi connectivity index (χ1) is 18.6. The van der Waals surface area contributed by atoms with Crippen LogP contribution in [0.3, 0.4) is 0 Å². The fourth-order valence-corrected chi connectivity index (χ4v) is 5.10. The number of hydrogen-bond donors (Lipinski definition) is 1. The number of aromatic nitrogens is 5. The molecule has 1 saturated heterocycles. The molecule has 1 saturated carbocycles. The summed E-state index contributed by atoms with van der Waals surface area (Å²) >= 11 is 0. The third-order valence-corrected chi connectivity index (χ3v) is 7.31. The van der Waals surface area contributed by atoms with Gasteiger partial charge in [-0.1, -0.05) is 0 Å². The van der Waals surface area contributed by atoms with Crippen LogP contribution >= 0.6 is 0 Å². The number of piperidine rings is 1. The van der Waals surface area contributed by atoms with E-state index in [0.29, 0.717) is 24.7 Å². The summed E-state index contributed by atoms with van der Waals surface area (Å²) in [5, 5.41) is 4.15. The molecule has 2 N–H and O–H groups in total. The number of carbonyl (C=O) groups is 1. The second-order valence-corrected chi connectivity index (χ2v) is 10.6. The zero-order valence-electron chi connectivity index (χ0n) is 21.7. The minimum atomic E-state index is -0.735. The first-order valence-corrected chi connectivity index (χ1v) is 12.6. The number of halogens is 2. The van der Waals surface area contributed by atoms with E-state index < -0.39 is 17.3 Å². The van der Waals surface area contributed by atoms with Crippen LogP contribution in [0.2, 0.25) is 0 Å². The SMILES string of the molecule is Cn1nc(-c2ncccn2)c(F)c1C(=O)N1CC2C(C1)C2Oc1cc(C(C)(C)N)cc(-c2ccc(F)cc2)n1. The van der Waals surface area contributed by atoms with E-state index in [9.17, 15) is 9.18 Å². The normalized spacial score (nSPS) is 20.2. The molecular formula is C28H27F2N7O2. The van der Waals surface area contributed by atoms with Gasteiger partial charge in [0.25, 0.3) is 5.91 Å².